The molecular weight excluding hydrogens is 460 g/mol. The van der Waals surface area contributed by atoms with Crippen LogP contribution in [0.2, 0.25) is 0 Å². The highest BCUT2D eigenvalue weighted by Crippen LogP contribution is 2.34. The van der Waals surface area contributed by atoms with E-state index in [2.05, 4.69) is 9.80 Å². The molecule has 4 aliphatic rings. The number of carbonyl (C=O) groups excluding carboxylic acids is 2. The van der Waals surface area contributed by atoms with E-state index in [1.54, 1.807) is 11.9 Å². The van der Waals surface area contributed by atoms with E-state index in [1.807, 2.05) is 59.5 Å². The van der Waals surface area contributed by atoms with Gasteiger partial charge < -0.3 is 24.2 Å². The normalized spacial score (nSPS) is 24.2. The van der Waals surface area contributed by atoms with E-state index in [-0.39, 0.29) is 11.9 Å². The molecule has 2 aromatic rings. The maximum absolute atomic E-state index is 13.5. The zero-order valence-electron chi connectivity index (χ0n) is 20.3. The van der Waals surface area contributed by atoms with E-state index in [0.717, 1.165) is 42.8 Å². The van der Waals surface area contributed by atoms with Crippen molar-refractivity contribution in [2.24, 2.45) is 4.99 Å². The fourth-order valence-electron chi connectivity index (χ4n) is 5.27. The minimum Gasteiger partial charge on any atom is -0.457 e. The third kappa shape index (κ3) is 4.06. The number of likely N-dealkylation sites (N-methyl/N-ethyl adjacent to an activating group) is 1. The number of para-hydroxylation sites is 1. The van der Waals surface area contributed by atoms with Crippen LogP contribution in [0.25, 0.3) is 0 Å². The first-order valence-corrected chi connectivity index (χ1v) is 12.4. The van der Waals surface area contributed by atoms with Crippen LogP contribution in [0, 0.1) is 0 Å². The molecular formula is C26H30N6O4. The lowest BCUT2D eigenvalue weighted by molar-refractivity contribution is -0.137. The number of carbonyl (C=O) groups is 2. The first-order chi connectivity index (χ1) is 17.6. The molecule has 0 aliphatic carbocycles. The number of imide groups is 1. The number of guanidine groups is 1. The van der Waals surface area contributed by atoms with Gasteiger partial charge >= 0.3 is 6.03 Å². The topological polar surface area (TPSA) is 81.2 Å². The number of ether oxygens (including phenoxy) is 2. The summed E-state index contributed by atoms with van der Waals surface area (Å²) in [7, 11) is 1.74. The molecule has 36 heavy (non-hydrogen) atoms. The molecule has 4 heterocycles. The number of aliphatic imine (C=N–C) groups is 1. The van der Waals surface area contributed by atoms with Gasteiger partial charge in [-0.25, -0.2) is 9.79 Å². The maximum Gasteiger partial charge on any atom is 0.328 e. The van der Waals surface area contributed by atoms with Crippen LogP contribution in [0.1, 0.15) is 0 Å². The summed E-state index contributed by atoms with van der Waals surface area (Å²) in [5, 5.41) is 0. The van der Waals surface area contributed by atoms with Crippen LogP contribution in [-0.2, 0) is 9.53 Å². The number of fused-ring (bicyclic) bond motifs is 3. The van der Waals surface area contributed by atoms with Gasteiger partial charge in [0.2, 0.25) is 5.96 Å². The molecule has 2 atom stereocenters. The summed E-state index contributed by atoms with van der Waals surface area (Å²) in [6.07, 6.45) is -0.511. The van der Waals surface area contributed by atoms with Gasteiger partial charge in [-0.3, -0.25) is 14.6 Å². The molecule has 0 N–H and O–H groups in total. The molecule has 4 aliphatic heterocycles. The third-order valence-electron chi connectivity index (χ3n) is 7.25. The lowest BCUT2D eigenvalue weighted by atomic mass is 10.1. The molecule has 0 radical (unpaired) electrons. The molecule has 2 unspecified atom stereocenters. The quantitative estimate of drug-likeness (QED) is 0.612. The van der Waals surface area contributed by atoms with Gasteiger partial charge in [0.1, 0.15) is 11.5 Å². The van der Waals surface area contributed by atoms with Crippen molar-refractivity contribution in [3.05, 3.63) is 54.6 Å². The molecule has 188 valence electrons. The Morgan fingerprint density at radius 1 is 0.917 bits per heavy atom. The van der Waals surface area contributed by atoms with Gasteiger partial charge in [-0.15, -0.1) is 0 Å². The highest BCUT2D eigenvalue weighted by Gasteiger charge is 2.54. The Balaban J connectivity index is 1.16. The SMILES string of the molecule is CN1C(=O)N(CCN2CCOCC2)C(=O)C2C1N=C1N(c3ccc(Oc4ccccc4)cc3)CCN12. The Hall–Kier alpha value is -3.63. The van der Waals surface area contributed by atoms with Crippen LogP contribution in [0.15, 0.2) is 59.6 Å². The van der Waals surface area contributed by atoms with Crippen molar-refractivity contribution in [3.8, 4) is 11.5 Å². The van der Waals surface area contributed by atoms with Gasteiger partial charge in [-0.1, -0.05) is 18.2 Å². The molecule has 0 bridgehead atoms. The Morgan fingerprint density at radius 2 is 1.64 bits per heavy atom. The van der Waals surface area contributed by atoms with E-state index < -0.39 is 12.2 Å². The second-order valence-corrected chi connectivity index (χ2v) is 9.38. The van der Waals surface area contributed by atoms with Gasteiger partial charge in [0, 0.05) is 52.0 Å². The first kappa shape index (κ1) is 22.8. The van der Waals surface area contributed by atoms with Crippen molar-refractivity contribution in [1.82, 2.24) is 19.6 Å². The minimum atomic E-state index is -0.511. The van der Waals surface area contributed by atoms with Gasteiger partial charge in [0.05, 0.1) is 13.2 Å². The average Bonchev–Trinajstić information content (AvgIpc) is 3.49. The van der Waals surface area contributed by atoms with E-state index in [0.29, 0.717) is 32.8 Å². The number of morpholine rings is 1. The molecule has 10 nitrogen and oxygen atoms in total. The van der Waals surface area contributed by atoms with Gasteiger partial charge in [-0.05, 0) is 36.4 Å². The number of urea groups is 1. The predicted molar refractivity (Wildman–Crippen MR) is 134 cm³/mol. The number of amides is 3. The number of benzene rings is 2. The monoisotopic (exact) mass is 490 g/mol. The van der Waals surface area contributed by atoms with Crippen molar-refractivity contribution in [2.45, 2.75) is 12.2 Å². The van der Waals surface area contributed by atoms with Crippen LogP contribution in [0.4, 0.5) is 10.5 Å². The fourth-order valence-corrected chi connectivity index (χ4v) is 5.27. The maximum atomic E-state index is 13.5. The third-order valence-corrected chi connectivity index (χ3v) is 7.25. The van der Waals surface area contributed by atoms with Crippen molar-refractivity contribution in [2.75, 3.05) is 64.4 Å². The van der Waals surface area contributed by atoms with E-state index in [9.17, 15) is 9.59 Å². The highest BCUT2D eigenvalue weighted by molar-refractivity contribution is 6.08. The number of anilines is 1. The molecule has 6 rings (SSSR count). The summed E-state index contributed by atoms with van der Waals surface area (Å²) in [5.41, 5.74) is 0.973. The van der Waals surface area contributed by atoms with Crippen LogP contribution in [-0.4, -0.2) is 109 Å². The molecule has 0 aromatic heterocycles. The molecule has 2 aromatic carbocycles. The molecule has 0 spiro atoms. The van der Waals surface area contributed by atoms with Crippen molar-refractivity contribution in [3.63, 3.8) is 0 Å². The van der Waals surface area contributed by atoms with Crippen LogP contribution in [0.5, 0.6) is 11.5 Å². The Labute approximate surface area is 210 Å². The lowest BCUT2D eigenvalue weighted by Gasteiger charge is -2.41. The summed E-state index contributed by atoms with van der Waals surface area (Å²) < 4.78 is 11.3. The predicted octanol–water partition coefficient (Wildman–Crippen LogP) is 1.89. The standard InChI is InChI=1S/C26H30N6O4/c1-28-23-22(24(33)32(26(28)34)12-11-29-15-17-35-18-16-29)31-14-13-30(25(31)27-23)19-7-9-21(10-8-19)36-20-5-3-2-4-6-20/h2-10,22-23H,11-18H2,1H3. The minimum absolute atomic E-state index is 0.163. The molecule has 3 saturated heterocycles. The smallest absolute Gasteiger partial charge is 0.328 e. The molecule has 3 fully saturated rings. The van der Waals surface area contributed by atoms with Gasteiger partial charge in [-0.2, -0.15) is 0 Å². The van der Waals surface area contributed by atoms with Gasteiger partial charge in [0.25, 0.3) is 5.91 Å². The van der Waals surface area contributed by atoms with Crippen molar-refractivity contribution < 1.29 is 19.1 Å². The number of rotatable bonds is 6. The summed E-state index contributed by atoms with van der Waals surface area (Å²) >= 11 is 0. The van der Waals surface area contributed by atoms with E-state index in [1.165, 1.54) is 4.90 Å². The zero-order valence-corrected chi connectivity index (χ0v) is 20.3. The van der Waals surface area contributed by atoms with Crippen LogP contribution in [0.3, 0.4) is 0 Å². The summed E-state index contributed by atoms with van der Waals surface area (Å²) in [5.74, 6) is 2.11. The van der Waals surface area contributed by atoms with Crippen LogP contribution >= 0.6 is 0 Å². The average molecular weight is 491 g/mol. The molecule has 10 heteroatoms. The number of hydrogen-bond acceptors (Lipinski definition) is 8. The Kier molecular flexibility index (Phi) is 5.98. The Morgan fingerprint density at radius 3 is 2.39 bits per heavy atom. The highest BCUT2D eigenvalue weighted by atomic mass is 16.5. The van der Waals surface area contributed by atoms with Crippen molar-refractivity contribution in [1.29, 1.82) is 0 Å². The number of hydrogen-bond donors (Lipinski definition) is 0. The molecule has 0 saturated carbocycles. The summed E-state index contributed by atoms with van der Waals surface area (Å²) in [4.78, 5) is 40.8. The van der Waals surface area contributed by atoms with E-state index in [4.69, 9.17) is 14.5 Å². The second-order valence-electron chi connectivity index (χ2n) is 9.38. The first-order valence-electron chi connectivity index (χ1n) is 12.4. The fraction of sp³-hybridized carbons (Fsp3) is 0.423. The van der Waals surface area contributed by atoms with Gasteiger partial charge in [0.15, 0.2) is 12.2 Å². The van der Waals surface area contributed by atoms with E-state index >= 15 is 0 Å². The Bertz CT molecular complexity index is 1150. The molecule has 3 amide bonds. The second kappa shape index (κ2) is 9.44. The summed E-state index contributed by atoms with van der Waals surface area (Å²) in [6.45, 7) is 5.44. The number of nitrogens with zero attached hydrogens (tertiary/aromatic N) is 6. The van der Waals surface area contributed by atoms with Crippen LogP contribution < -0.4 is 9.64 Å². The van der Waals surface area contributed by atoms with Crippen molar-refractivity contribution >= 4 is 23.6 Å². The zero-order chi connectivity index (χ0) is 24.6. The summed E-state index contributed by atoms with van der Waals surface area (Å²) in [6, 6.07) is 16.7. The largest absolute Gasteiger partial charge is 0.457 e. The lowest BCUT2D eigenvalue weighted by Crippen LogP contribution is -2.65.